The Bertz CT molecular complexity index is 986. The topological polar surface area (TPSA) is 63.6 Å². The van der Waals surface area contributed by atoms with Crippen LogP contribution >= 0.6 is 0 Å². The van der Waals surface area contributed by atoms with Crippen molar-refractivity contribution in [3.63, 3.8) is 0 Å². The fourth-order valence-electron chi connectivity index (χ4n) is 3.75. The molecule has 1 aliphatic rings. The predicted octanol–water partition coefficient (Wildman–Crippen LogP) is 3.46. The van der Waals surface area contributed by atoms with Gasteiger partial charge in [-0.25, -0.2) is 9.97 Å². The first-order valence-electron chi connectivity index (χ1n) is 10.2. The number of rotatable bonds is 6. The maximum absolute atomic E-state index is 5.83. The molecule has 3 heterocycles. The van der Waals surface area contributed by atoms with E-state index in [2.05, 4.69) is 36.9 Å². The first-order chi connectivity index (χ1) is 14.2. The van der Waals surface area contributed by atoms with Gasteiger partial charge in [0.2, 0.25) is 0 Å². The van der Waals surface area contributed by atoms with Crippen LogP contribution in [0.2, 0.25) is 0 Å². The van der Waals surface area contributed by atoms with Crippen molar-refractivity contribution < 1.29 is 9.47 Å². The molecule has 1 saturated heterocycles. The molecule has 0 bridgehead atoms. The van der Waals surface area contributed by atoms with Gasteiger partial charge in [0.1, 0.15) is 11.6 Å². The molecular weight excluding hydrogens is 366 g/mol. The van der Waals surface area contributed by atoms with Gasteiger partial charge in [-0.2, -0.15) is 0 Å². The Kier molecular flexibility index (Phi) is 5.64. The number of aromatic nitrogens is 3. The lowest BCUT2D eigenvalue weighted by Gasteiger charge is -2.37. The number of ether oxygens (including phenoxy) is 2. The molecule has 1 aliphatic heterocycles. The van der Waals surface area contributed by atoms with E-state index in [0.717, 1.165) is 60.2 Å². The van der Waals surface area contributed by atoms with Crippen molar-refractivity contribution in [2.24, 2.45) is 0 Å². The molecule has 0 radical (unpaired) electrons. The molecule has 7 heteroatoms. The lowest BCUT2D eigenvalue weighted by atomic mass is 10.1. The Morgan fingerprint density at radius 1 is 0.862 bits per heavy atom. The molecule has 7 nitrogen and oxygen atoms in total. The van der Waals surface area contributed by atoms with Crippen molar-refractivity contribution in [3.8, 4) is 11.5 Å². The van der Waals surface area contributed by atoms with E-state index >= 15 is 0 Å². The number of benzene rings is 1. The van der Waals surface area contributed by atoms with E-state index < -0.39 is 0 Å². The fraction of sp³-hybridized carbons (Fsp3) is 0.409. The van der Waals surface area contributed by atoms with Crippen LogP contribution in [0.15, 0.2) is 36.7 Å². The number of nitrogens with zero attached hydrogens (tertiary/aromatic N) is 5. The summed E-state index contributed by atoms with van der Waals surface area (Å²) >= 11 is 0. The number of hydrogen-bond acceptors (Lipinski definition) is 7. The number of fused-ring (bicyclic) bond motifs is 1. The molecule has 2 aromatic heterocycles. The molecule has 0 amide bonds. The Morgan fingerprint density at radius 3 is 2.21 bits per heavy atom. The minimum atomic E-state index is 0.593. The van der Waals surface area contributed by atoms with E-state index in [0.29, 0.717) is 13.2 Å². The number of hydrogen-bond donors (Lipinski definition) is 0. The fourth-order valence-corrected chi connectivity index (χ4v) is 3.75. The molecule has 152 valence electrons. The van der Waals surface area contributed by atoms with Gasteiger partial charge in [0.05, 0.1) is 18.7 Å². The lowest BCUT2D eigenvalue weighted by Crippen LogP contribution is -2.47. The first kappa shape index (κ1) is 19.2. The number of piperazine rings is 1. The summed E-state index contributed by atoms with van der Waals surface area (Å²) in [4.78, 5) is 18.0. The number of anilines is 2. The van der Waals surface area contributed by atoms with Crippen molar-refractivity contribution >= 4 is 22.4 Å². The second-order valence-electron chi connectivity index (χ2n) is 6.95. The minimum Gasteiger partial charge on any atom is -0.490 e. The van der Waals surface area contributed by atoms with Crippen LogP contribution in [0.1, 0.15) is 19.7 Å². The Labute approximate surface area is 171 Å². The van der Waals surface area contributed by atoms with Gasteiger partial charge in [-0.3, -0.25) is 4.98 Å². The molecule has 0 saturated carbocycles. The van der Waals surface area contributed by atoms with Gasteiger partial charge in [0.15, 0.2) is 11.5 Å². The maximum Gasteiger partial charge on any atom is 0.163 e. The molecule has 0 aliphatic carbocycles. The van der Waals surface area contributed by atoms with Crippen LogP contribution in [-0.4, -0.2) is 54.3 Å². The summed E-state index contributed by atoms with van der Waals surface area (Å²) < 4.78 is 11.6. The highest BCUT2D eigenvalue weighted by molar-refractivity contribution is 5.94. The van der Waals surface area contributed by atoms with E-state index in [1.807, 2.05) is 45.3 Å². The Hall–Kier alpha value is -3.09. The molecule has 0 unspecified atom stereocenters. The van der Waals surface area contributed by atoms with Gasteiger partial charge in [-0.15, -0.1) is 0 Å². The van der Waals surface area contributed by atoms with Gasteiger partial charge in [0.25, 0.3) is 0 Å². The Balaban J connectivity index is 1.60. The third kappa shape index (κ3) is 4.04. The smallest absolute Gasteiger partial charge is 0.163 e. The number of pyridine rings is 1. The first-order valence-corrected chi connectivity index (χ1v) is 10.2. The molecule has 0 N–H and O–H groups in total. The number of aryl methyl sites for hydroxylation is 1. The van der Waals surface area contributed by atoms with Gasteiger partial charge in [-0.1, -0.05) is 0 Å². The average molecular weight is 393 g/mol. The van der Waals surface area contributed by atoms with E-state index in [1.165, 1.54) is 5.69 Å². The van der Waals surface area contributed by atoms with Crippen molar-refractivity contribution in [1.29, 1.82) is 0 Å². The van der Waals surface area contributed by atoms with Crippen LogP contribution < -0.4 is 19.3 Å². The molecular formula is C22H27N5O2. The average Bonchev–Trinajstić information content (AvgIpc) is 2.74. The van der Waals surface area contributed by atoms with Crippen LogP contribution in [0.25, 0.3) is 10.9 Å². The zero-order valence-electron chi connectivity index (χ0n) is 17.3. The molecule has 0 atom stereocenters. The summed E-state index contributed by atoms with van der Waals surface area (Å²) in [5.74, 6) is 3.32. The molecule has 0 spiro atoms. The predicted molar refractivity (Wildman–Crippen MR) is 115 cm³/mol. The van der Waals surface area contributed by atoms with E-state index in [4.69, 9.17) is 9.47 Å². The van der Waals surface area contributed by atoms with Crippen molar-refractivity contribution in [3.05, 3.63) is 42.5 Å². The van der Waals surface area contributed by atoms with Crippen molar-refractivity contribution in [1.82, 2.24) is 15.0 Å². The molecule has 1 aromatic carbocycles. The summed E-state index contributed by atoms with van der Waals surface area (Å²) in [5, 5.41) is 1.09. The SMILES string of the molecule is CCOc1cc2nccc(N3CCN(c4ccnc(C)n4)CC3)c2cc1OCC. The Morgan fingerprint density at radius 2 is 1.52 bits per heavy atom. The van der Waals surface area contributed by atoms with E-state index in [-0.39, 0.29) is 0 Å². The molecule has 3 aromatic rings. The summed E-state index contributed by atoms with van der Waals surface area (Å²) in [6.07, 6.45) is 3.69. The molecule has 29 heavy (non-hydrogen) atoms. The quantitative estimate of drug-likeness (QED) is 0.635. The highest BCUT2D eigenvalue weighted by Crippen LogP contribution is 2.36. The van der Waals surface area contributed by atoms with Gasteiger partial charge in [-0.05, 0) is 39.0 Å². The molecule has 1 fully saturated rings. The summed E-state index contributed by atoms with van der Waals surface area (Å²) in [7, 11) is 0. The van der Waals surface area contributed by atoms with Gasteiger partial charge >= 0.3 is 0 Å². The zero-order valence-corrected chi connectivity index (χ0v) is 17.3. The third-order valence-electron chi connectivity index (χ3n) is 5.09. The monoisotopic (exact) mass is 393 g/mol. The van der Waals surface area contributed by atoms with Crippen LogP contribution in [0.4, 0.5) is 11.5 Å². The second kappa shape index (κ2) is 8.51. The van der Waals surface area contributed by atoms with Crippen LogP contribution in [0, 0.1) is 6.92 Å². The summed E-state index contributed by atoms with van der Waals surface area (Å²) in [6, 6.07) is 8.11. The summed E-state index contributed by atoms with van der Waals surface area (Å²) in [6.45, 7) is 10.7. The largest absolute Gasteiger partial charge is 0.490 e. The van der Waals surface area contributed by atoms with E-state index in [1.54, 1.807) is 0 Å². The van der Waals surface area contributed by atoms with Crippen molar-refractivity contribution in [2.75, 3.05) is 49.2 Å². The minimum absolute atomic E-state index is 0.593. The second-order valence-corrected chi connectivity index (χ2v) is 6.95. The van der Waals surface area contributed by atoms with Crippen LogP contribution in [0.3, 0.4) is 0 Å². The van der Waals surface area contributed by atoms with Crippen LogP contribution in [0.5, 0.6) is 11.5 Å². The third-order valence-corrected chi connectivity index (χ3v) is 5.09. The normalized spacial score (nSPS) is 14.3. The maximum atomic E-state index is 5.83. The van der Waals surface area contributed by atoms with Crippen molar-refractivity contribution in [2.45, 2.75) is 20.8 Å². The highest BCUT2D eigenvalue weighted by atomic mass is 16.5. The highest BCUT2D eigenvalue weighted by Gasteiger charge is 2.21. The summed E-state index contributed by atoms with van der Waals surface area (Å²) in [5.41, 5.74) is 2.10. The zero-order chi connectivity index (χ0) is 20.2. The van der Waals surface area contributed by atoms with Gasteiger partial charge in [0, 0.05) is 55.7 Å². The lowest BCUT2D eigenvalue weighted by molar-refractivity contribution is 0.288. The molecule has 4 rings (SSSR count). The van der Waals surface area contributed by atoms with Gasteiger partial charge < -0.3 is 19.3 Å². The van der Waals surface area contributed by atoms with E-state index in [9.17, 15) is 0 Å². The standard InChI is InChI=1S/C22H27N5O2/c1-4-28-20-14-17-18(15-21(20)29-5-2)24-8-6-19(17)26-10-12-27(13-11-26)22-7-9-23-16(3)25-22/h6-9,14-15H,4-5,10-13H2,1-3H3. The van der Waals surface area contributed by atoms with Crippen LogP contribution in [-0.2, 0) is 0 Å².